The molecule has 4 rings (SSSR count). The highest BCUT2D eigenvalue weighted by Crippen LogP contribution is 2.23. The first-order valence-electron chi connectivity index (χ1n) is 13.1. The van der Waals surface area contributed by atoms with E-state index in [2.05, 4.69) is 29.4 Å². The Kier molecular flexibility index (Phi) is 17.1. The molecule has 0 atom stereocenters. The first kappa shape index (κ1) is 41.4. The molecular formula is C30H28F4N4O12. The average Bonchev–Trinajstić information content (AvgIpc) is 3.10. The molecule has 4 aromatic rings. The van der Waals surface area contributed by atoms with Crippen LogP contribution in [-0.4, -0.2) is 96.7 Å². The summed E-state index contributed by atoms with van der Waals surface area (Å²) >= 11 is 0. The van der Waals surface area contributed by atoms with E-state index in [1.165, 1.54) is 54.0 Å². The van der Waals surface area contributed by atoms with Crippen LogP contribution in [0.3, 0.4) is 0 Å². The Bertz CT molecular complexity index is 1800. The Balaban J connectivity index is 0.000000335. The van der Waals surface area contributed by atoms with E-state index in [0.717, 1.165) is 13.3 Å². The molecule has 2 N–H and O–H groups in total. The lowest BCUT2D eigenvalue weighted by Gasteiger charge is -2.07. The summed E-state index contributed by atoms with van der Waals surface area (Å²) in [6, 6.07) is 4.07. The Labute approximate surface area is 280 Å². The van der Waals surface area contributed by atoms with Gasteiger partial charge in [0.05, 0.1) is 67.4 Å². The van der Waals surface area contributed by atoms with Gasteiger partial charge < -0.3 is 38.6 Å². The topological polar surface area (TPSA) is 216 Å². The summed E-state index contributed by atoms with van der Waals surface area (Å²) in [7, 11) is 8.18. The molecule has 0 unspecified atom stereocenters. The number of ether oxygens (including phenoxy) is 6. The van der Waals surface area contributed by atoms with Crippen molar-refractivity contribution in [2.45, 2.75) is 0 Å². The maximum absolute atomic E-state index is 12.7. The van der Waals surface area contributed by atoms with E-state index >= 15 is 0 Å². The fourth-order valence-corrected chi connectivity index (χ4v) is 3.03. The Morgan fingerprint density at radius 1 is 0.500 bits per heavy atom. The fraction of sp³-hybridized carbons (Fsp3) is 0.200. The number of hydrogen-bond donors (Lipinski definition) is 2. The van der Waals surface area contributed by atoms with Crippen LogP contribution in [0.2, 0.25) is 0 Å². The van der Waals surface area contributed by atoms with Crippen LogP contribution >= 0.6 is 0 Å². The first-order valence-corrected chi connectivity index (χ1v) is 13.1. The van der Waals surface area contributed by atoms with Crippen LogP contribution < -0.4 is 18.9 Å². The number of methoxy groups -OCH3 is 6. The average molecular weight is 713 g/mol. The third-order valence-electron chi connectivity index (χ3n) is 5.34. The standard InChI is InChI=1S/C9H11NO4.C8H9NO4.C7H5F2NO2.C6H3F2NO2/c1-12-6-4-7(13-2)8(10-5-6)9(11)14-3;1-12-5-3-6(13-2)7(8(10)11)9-4-5;1-12-7(11)6-5(9)2-4(8)3-10-6;7-3-1-4(8)5(6(10)11)9-2-3/h4-5H,1-3H3;3-4H,1-2H3,(H,10,11);2-3H,1H3;1-2H,(H,10,11). The second kappa shape index (κ2) is 20.6. The molecule has 0 spiro atoms. The summed E-state index contributed by atoms with van der Waals surface area (Å²) in [6.45, 7) is 0. The molecule has 0 saturated heterocycles. The largest absolute Gasteiger partial charge is 0.495 e. The van der Waals surface area contributed by atoms with Gasteiger partial charge in [-0.15, -0.1) is 0 Å². The second-order valence-corrected chi connectivity index (χ2v) is 8.41. The maximum atomic E-state index is 12.7. The molecule has 16 nitrogen and oxygen atoms in total. The van der Waals surface area contributed by atoms with Gasteiger partial charge in [-0.05, 0) is 0 Å². The predicted molar refractivity (Wildman–Crippen MR) is 160 cm³/mol. The maximum Gasteiger partial charge on any atom is 0.360 e. The van der Waals surface area contributed by atoms with E-state index in [0.29, 0.717) is 35.6 Å². The Morgan fingerprint density at radius 3 is 1.22 bits per heavy atom. The molecule has 50 heavy (non-hydrogen) atoms. The van der Waals surface area contributed by atoms with Crippen molar-refractivity contribution in [3.05, 3.63) is 95.1 Å². The summed E-state index contributed by atoms with van der Waals surface area (Å²) in [5, 5.41) is 16.9. The highest BCUT2D eigenvalue weighted by Gasteiger charge is 2.16. The SMILES string of the molecule is COC(=O)c1ncc(F)cc1F.COC(=O)c1ncc(OC)cc1OC.COc1cnc(C(=O)O)c(OC)c1.O=C(O)c1ncc(F)cc1F. The number of halogens is 4. The van der Waals surface area contributed by atoms with E-state index in [9.17, 15) is 36.7 Å². The summed E-state index contributed by atoms with van der Waals surface area (Å²) in [5.41, 5.74) is -1.27. The number of nitrogens with zero attached hydrogens (tertiary/aromatic N) is 4. The number of aromatic carboxylic acids is 2. The molecule has 0 fully saturated rings. The molecule has 0 aliphatic heterocycles. The molecule has 0 radical (unpaired) electrons. The minimum atomic E-state index is -1.51. The Hall–Kier alpha value is -6.60. The van der Waals surface area contributed by atoms with E-state index in [4.69, 9.17) is 29.2 Å². The summed E-state index contributed by atoms with van der Waals surface area (Å²) in [6.07, 6.45) is 4.14. The zero-order valence-corrected chi connectivity index (χ0v) is 26.9. The van der Waals surface area contributed by atoms with Crippen molar-refractivity contribution in [1.29, 1.82) is 0 Å². The number of aromatic nitrogens is 4. The molecule has 0 aliphatic rings. The van der Waals surface area contributed by atoms with E-state index in [1.54, 1.807) is 6.07 Å². The van der Waals surface area contributed by atoms with Crippen LogP contribution in [-0.2, 0) is 9.47 Å². The molecule has 268 valence electrons. The second-order valence-electron chi connectivity index (χ2n) is 8.41. The van der Waals surface area contributed by atoms with Crippen molar-refractivity contribution in [3.63, 3.8) is 0 Å². The molecule has 0 aliphatic carbocycles. The van der Waals surface area contributed by atoms with Gasteiger partial charge in [-0.1, -0.05) is 0 Å². The van der Waals surface area contributed by atoms with Crippen molar-refractivity contribution < 1.29 is 75.4 Å². The molecule has 20 heteroatoms. The normalized spacial score (nSPS) is 9.48. The molecular weight excluding hydrogens is 684 g/mol. The number of carboxylic acids is 2. The summed E-state index contributed by atoms with van der Waals surface area (Å²) < 4.78 is 77.8. The van der Waals surface area contributed by atoms with Gasteiger partial charge in [-0.3, -0.25) is 0 Å². The molecule has 4 aromatic heterocycles. The van der Waals surface area contributed by atoms with Crippen LogP contribution in [0.5, 0.6) is 23.0 Å². The fourth-order valence-electron chi connectivity index (χ4n) is 3.03. The van der Waals surface area contributed by atoms with Gasteiger partial charge in [0.2, 0.25) is 0 Å². The first-order chi connectivity index (χ1) is 23.7. The van der Waals surface area contributed by atoms with Gasteiger partial charge in [0, 0.05) is 24.3 Å². The van der Waals surface area contributed by atoms with Crippen molar-refractivity contribution in [3.8, 4) is 23.0 Å². The lowest BCUT2D eigenvalue weighted by molar-refractivity contribution is 0.0579. The zero-order chi connectivity index (χ0) is 38.0. The smallest absolute Gasteiger partial charge is 0.360 e. The number of hydrogen-bond acceptors (Lipinski definition) is 14. The lowest BCUT2D eigenvalue weighted by atomic mass is 10.3. The van der Waals surface area contributed by atoms with E-state index < -0.39 is 58.5 Å². The number of esters is 2. The van der Waals surface area contributed by atoms with Gasteiger partial charge in [-0.25, -0.2) is 56.7 Å². The minimum Gasteiger partial charge on any atom is -0.495 e. The summed E-state index contributed by atoms with van der Waals surface area (Å²) in [5.74, 6) is -6.52. The lowest BCUT2D eigenvalue weighted by Crippen LogP contribution is -2.07. The van der Waals surface area contributed by atoms with E-state index in [-0.39, 0.29) is 17.1 Å². The van der Waals surface area contributed by atoms with Gasteiger partial charge in [0.15, 0.2) is 45.9 Å². The van der Waals surface area contributed by atoms with Crippen LogP contribution in [0.1, 0.15) is 42.0 Å². The van der Waals surface area contributed by atoms with Crippen LogP contribution in [0.4, 0.5) is 17.6 Å². The van der Waals surface area contributed by atoms with Crippen molar-refractivity contribution in [2.24, 2.45) is 0 Å². The highest BCUT2D eigenvalue weighted by atomic mass is 19.1. The van der Waals surface area contributed by atoms with Gasteiger partial charge in [-0.2, -0.15) is 0 Å². The summed E-state index contributed by atoms with van der Waals surface area (Å²) in [4.78, 5) is 56.4. The molecule has 4 heterocycles. The van der Waals surface area contributed by atoms with Crippen LogP contribution in [0.15, 0.2) is 49.1 Å². The van der Waals surface area contributed by atoms with Crippen LogP contribution in [0, 0.1) is 23.3 Å². The highest BCUT2D eigenvalue weighted by molar-refractivity contribution is 5.90. The number of carbonyl (C=O) groups excluding carboxylic acids is 2. The quantitative estimate of drug-likeness (QED) is 0.196. The third kappa shape index (κ3) is 12.5. The zero-order valence-electron chi connectivity index (χ0n) is 26.9. The monoisotopic (exact) mass is 712 g/mol. The van der Waals surface area contributed by atoms with Crippen molar-refractivity contribution in [2.75, 3.05) is 42.7 Å². The number of carbonyl (C=O) groups is 4. The van der Waals surface area contributed by atoms with Gasteiger partial charge in [0.1, 0.15) is 23.1 Å². The van der Waals surface area contributed by atoms with Gasteiger partial charge >= 0.3 is 23.9 Å². The van der Waals surface area contributed by atoms with E-state index in [1.807, 2.05) is 0 Å². The van der Waals surface area contributed by atoms with Crippen LogP contribution in [0.25, 0.3) is 0 Å². The molecule has 0 amide bonds. The molecule has 0 aromatic carbocycles. The van der Waals surface area contributed by atoms with Crippen molar-refractivity contribution in [1.82, 2.24) is 19.9 Å². The molecule has 0 bridgehead atoms. The third-order valence-corrected chi connectivity index (χ3v) is 5.34. The predicted octanol–water partition coefficient (Wildman–Crippen LogP) is 3.89. The van der Waals surface area contributed by atoms with Crippen molar-refractivity contribution >= 4 is 23.9 Å². The Morgan fingerprint density at radius 2 is 0.860 bits per heavy atom. The number of pyridine rings is 4. The molecule has 0 saturated carbocycles. The van der Waals surface area contributed by atoms with Gasteiger partial charge in [0.25, 0.3) is 0 Å². The minimum absolute atomic E-state index is 0.122. The number of rotatable bonds is 8. The number of carboxylic acid groups (broad SMARTS) is 2.